The van der Waals surface area contributed by atoms with E-state index < -0.39 is 40.7 Å². The number of hydrogen-bond acceptors (Lipinski definition) is 3. The maximum atomic E-state index is 13.2. The number of carboxylic acids is 1. The van der Waals surface area contributed by atoms with E-state index in [0.29, 0.717) is 29.0 Å². The molecule has 0 radical (unpaired) electrons. The molecule has 0 aliphatic heterocycles. The third-order valence-corrected chi connectivity index (χ3v) is 6.21. The molecule has 0 heterocycles. The lowest BCUT2D eigenvalue weighted by atomic mass is 9.98. The van der Waals surface area contributed by atoms with Crippen molar-refractivity contribution in [3.8, 4) is 0 Å². The number of carbonyl (C=O) groups is 3. The van der Waals surface area contributed by atoms with Gasteiger partial charge >= 0.3 is 18.2 Å². The number of rotatable bonds is 10. The molecule has 4 N–H and O–H groups in total. The van der Waals surface area contributed by atoms with E-state index in [4.69, 9.17) is 28.3 Å². The molecule has 3 rings (SSSR count). The molecule has 0 aliphatic rings. The zero-order chi connectivity index (χ0) is 28.6. The Hall–Kier alpha value is -3.76. The van der Waals surface area contributed by atoms with E-state index in [1.165, 1.54) is 18.2 Å². The number of aliphatic carboxylic acids is 1. The van der Waals surface area contributed by atoms with Crippen molar-refractivity contribution < 1.29 is 32.7 Å². The highest BCUT2D eigenvalue weighted by molar-refractivity contribution is 6.31. The van der Waals surface area contributed by atoms with Crippen LogP contribution in [0.15, 0.2) is 66.7 Å². The van der Waals surface area contributed by atoms with Gasteiger partial charge in [-0.3, -0.25) is 9.59 Å². The Balaban J connectivity index is 1.76. The van der Waals surface area contributed by atoms with Crippen LogP contribution in [0, 0.1) is 0 Å². The minimum Gasteiger partial charge on any atom is -0.481 e. The first kappa shape index (κ1) is 29.8. The van der Waals surface area contributed by atoms with E-state index in [9.17, 15) is 27.6 Å². The highest BCUT2D eigenvalue weighted by Gasteiger charge is 2.33. The van der Waals surface area contributed by atoms with Crippen LogP contribution in [-0.2, 0) is 17.4 Å². The van der Waals surface area contributed by atoms with Crippen LogP contribution >= 0.6 is 23.2 Å². The van der Waals surface area contributed by atoms with Gasteiger partial charge in [0.25, 0.3) is 5.91 Å². The number of benzene rings is 3. The van der Waals surface area contributed by atoms with Crippen LogP contribution in [0.5, 0.6) is 0 Å². The van der Waals surface area contributed by atoms with Crippen molar-refractivity contribution in [2.75, 3.05) is 11.9 Å². The van der Waals surface area contributed by atoms with Crippen LogP contribution in [0.4, 0.5) is 23.7 Å². The van der Waals surface area contributed by atoms with E-state index in [2.05, 4.69) is 16.0 Å². The fourth-order valence-electron chi connectivity index (χ4n) is 3.72. The molecule has 12 heteroatoms. The smallest absolute Gasteiger partial charge is 0.417 e. The number of amides is 3. The standard InChI is InChI=1S/C27H24Cl2F3N3O4/c28-19-3-1-2-16(14-19)4-11-23(17-5-7-18(8-6-17)25(38)33-13-12-24(36)37)35-26(39)34-20-9-10-22(29)21(15-20)27(30,31)32/h1-3,5-10,14-15,23H,4,11-13H2,(H,33,38)(H,36,37)(H2,34,35,39). The number of urea groups is 1. The summed E-state index contributed by atoms with van der Waals surface area (Å²) in [5.41, 5.74) is 0.684. The van der Waals surface area contributed by atoms with E-state index in [-0.39, 0.29) is 18.7 Å². The number of alkyl halides is 3. The quantitative estimate of drug-likeness (QED) is 0.213. The fraction of sp³-hybridized carbons (Fsp3) is 0.222. The monoisotopic (exact) mass is 581 g/mol. The van der Waals surface area contributed by atoms with Crippen molar-refractivity contribution >= 4 is 46.8 Å². The number of carbonyl (C=O) groups excluding carboxylic acids is 2. The number of aryl methyl sites for hydroxylation is 1. The van der Waals surface area contributed by atoms with Crippen molar-refractivity contribution in [1.29, 1.82) is 0 Å². The Morgan fingerprint density at radius 3 is 2.31 bits per heavy atom. The highest BCUT2D eigenvalue weighted by Crippen LogP contribution is 2.36. The summed E-state index contributed by atoms with van der Waals surface area (Å²) >= 11 is 11.7. The maximum Gasteiger partial charge on any atom is 0.417 e. The van der Waals surface area contributed by atoms with Crippen LogP contribution in [-0.4, -0.2) is 29.6 Å². The third kappa shape index (κ3) is 9.19. The summed E-state index contributed by atoms with van der Waals surface area (Å²) in [7, 11) is 0. The normalized spacial score (nSPS) is 11.9. The van der Waals surface area contributed by atoms with Gasteiger partial charge in [0.2, 0.25) is 0 Å². The zero-order valence-electron chi connectivity index (χ0n) is 20.3. The van der Waals surface area contributed by atoms with Gasteiger partial charge in [-0.15, -0.1) is 0 Å². The van der Waals surface area contributed by atoms with Gasteiger partial charge in [0.15, 0.2) is 0 Å². The van der Waals surface area contributed by atoms with Crippen molar-refractivity contribution in [1.82, 2.24) is 10.6 Å². The molecule has 3 aromatic carbocycles. The molecule has 1 atom stereocenters. The molecule has 0 saturated heterocycles. The first-order chi connectivity index (χ1) is 18.4. The van der Waals surface area contributed by atoms with E-state index in [1.54, 1.807) is 30.3 Å². The Kier molecular flexibility index (Phi) is 10.2. The molecule has 39 heavy (non-hydrogen) atoms. The zero-order valence-corrected chi connectivity index (χ0v) is 21.8. The molecule has 0 spiro atoms. The average Bonchev–Trinajstić information content (AvgIpc) is 2.87. The van der Waals surface area contributed by atoms with Gasteiger partial charge in [-0.2, -0.15) is 13.2 Å². The number of nitrogens with one attached hydrogen (secondary N) is 3. The summed E-state index contributed by atoms with van der Waals surface area (Å²) in [4.78, 5) is 35.7. The van der Waals surface area contributed by atoms with Crippen LogP contribution in [0.2, 0.25) is 10.0 Å². The molecule has 0 aromatic heterocycles. The third-order valence-electron chi connectivity index (χ3n) is 5.65. The summed E-state index contributed by atoms with van der Waals surface area (Å²) < 4.78 is 39.6. The molecule has 3 aromatic rings. The predicted molar refractivity (Wildman–Crippen MR) is 142 cm³/mol. The lowest BCUT2D eigenvalue weighted by Gasteiger charge is -2.21. The first-order valence-electron chi connectivity index (χ1n) is 11.7. The molecular formula is C27H24Cl2F3N3O4. The second kappa shape index (κ2) is 13.3. The maximum absolute atomic E-state index is 13.2. The van der Waals surface area contributed by atoms with Crippen LogP contribution in [0.1, 0.15) is 45.9 Å². The second-order valence-corrected chi connectivity index (χ2v) is 9.38. The summed E-state index contributed by atoms with van der Waals surface area (Å²) in [6.07, 6.45) is -3.98. The minimum absolute atomic E-state index is 0.0271. The molecule has 0 aliphatic carbocycles. The molecule has 7 nitrogen and oxygen atoms in total. The van der Waals surface area contributed by atoms with Crippen molar-refractivity contribution in [3.05, 3.63) is 99.0 Å². The van der Waals surface area contributed by atoms with Gasteiger partial charge in [-0.25, -0.2) is 4.79 Å². The highest BCUT2D eigenvalue weighted by atomic mass is 35.5. The van der Waals surface area contributed by atoms with Gasteiger partial charge in [0.1, 0.15) is 0 Å². The number of halogens is 5. The second-order valence-electron chi connectivity index (χ2n) is 8.53. The Morgan fingerprint density at radius 2 is 1.67 bits per heavy atom. The number of anilines is 1. The van der Waals surface area contributed by atoms with Crippen LogP contribution in [0.25, 0.3) is 0 Å². The van der Waals surface area contributed by atoms with Gasteiger partial charge < -0.3 is 21.1 Å². The van der Waals surface area contributed by atoms with Gasteiger partial charge in [-0.1, -0.05) is 47.5 Å². The lowest BCUT2D eigenvalue weighted by Crippen LogP contribution is -2.33. The fourth-order valence-corrected chi connectivity index (χ4v) is 4.16. The Bertz CT molecular complexity index is 1330. The minimum atomic E-state index is -4.69. The largest absolute Gasteiger partial charge is 0.481 e. The van der Waals surface area contributed by atoms with Gasteiger partial charge in [0.05, 0.1) is 23.0 Å². The Morgan fingerprint density at radius 1 is 0.949 bits per heavy atom. The van der Waals surface area contributed by atoms with E-state index in [1.807, 2.05) is 6.07 Å². The van der Waals surface area contributed by atoms with Crippen molar-refractivity contribution in [2.24, 2.45) is 0 Å². The number of hydrogen-bond donors (Lipinski definition) is 4. The topological polar surface area (TPSA) is 108 Å². The number of carboxylic acid groups (broad SMARTS) is 1. The summed E-state index contributed by atoms with van der Waals surface area (Å²) in [6.45, 7) is -0.0271. The molecule has 206 valence electrons. The van der Waals surface area contributed by atoms with E-state index in [0.717, 1.165) is 17.7 Å². The predicted octanol–water partition coefficient (Wildman–Crippen LogP) is 6.71. The SMILES string of the molecule is O=C(O)CCNC(=O)c1ccc(C(CCc2cccc(Cl)c2)NC(=O)Nc2ccc(Cl)c(C(F)(F)F)c2)cc1. The van der Waals surface area contributed by atoms with Crippen LogP contribution < -0.4 is 16.0 Å². The summed E-state index contributed by atoms with van der Waals surface area (Å²) in [5.74, 6) is -1.49. The molecule has 0 fully saturated rings. The van der Waals surface area contributed by atoms with Crippen LogP contribution in [0.3, 0.4) is 0 Å². The average molecular weight is 582 g/mol. The molecule has 0 saturated carbocycles. The summed E-state index contributed by atoms with van der Waals surface area (Å²) in [5, 5.41) is 16.5. The van der Waals surface area contributed by atoms with Gasteiger partial charge in [-0.05, 0) is 66.4 Å². The van der Waals surface area contributed by atoms with Crippen molar-refractivity contribution in [2.45, 2.75) is 31.5 Å². The molecule has 3 amide bonds. The Labute approximate surface area is 232 Å². The van der Waals surface area contributed by atoms with Crippen molar-refractivity contribution in [3.63, 3.8) is 0 Å². The summed E-state index contributed by atoms with van der Waals surface area (Å²) in [6, 6.07) is 15.3. The molecule has 0 bridgehead atoms. The molecule has 1 unspecified atom stereocenters. The first-order valence-corrected chi connectivity index (χ1v) is 12.5. The van der Waals surface area contributed by atoms with E-state index >= 15 is 0 Å². The molecular weight excluding hydrogens is 558 g/mol. The van der Waals surface area contributed by atoms with Gasteiger partial charge in [0, 0.05) is 22.8 Å². The lowest BCUT2D eigenvalue weighted by molar-refractivity contribution is -0.138.